The van der Waals surface area contributed by atoms with Crippen molar-refractivity contribution < 1.29 is 0 Å². The number of aromatic nitrogens is 3. The van der Waals surface area contributed by atoms with Crippen molar-refractivity contribution in [2.24, 2.45) is 0 Å². The van der Waals surface area contributed by atoms with Crippen molar-refractivity contribution in [2.75, 3.05) is 0 Å². The molecule has 2 rings (SSSR count). The fraction of sp³-hybridized carbons (Fsp3) is 0.300. The number of hydrogen-bond donors (Lipinski definition) is 0. The molecule has 2 aromatic heterocycles. The highest BCUT2D eigenvalue weighted by atomic mass is 15.1. The summed E-state index contributed by atoms with van der Waals surface area (Å²) in [6.45, 7) is 4.21. The maximum absolute atomic E-state index is 4.13. The molecule has 0 bridgehead atoms. The van der Waals surface area contributed by atoms with E-state index in [-0.39, 0.29) is 0 Å². The lowest BCUT2D eigenvalue weighted by molar-refractivity contribution is 0.794. The predicted molar refractivity (Wildman–Crippen MR) is 51.4 cm³/mol. The molecule has 0 saturated carbocycles. The second-order valence-electron chi connectivity index (χ2n) is 3.36. The van der Waals surface area contributed by atoms with Crippen LogP contribution in [0.15, 0.2) is 24.5 Å². The molecule has 2 aromatic rings. The second-order valence-corrected chi connectivity index (χ2v) is 3.36. The summed E-state index contributed by atoms with van der Waals surface area (Å²) in [5, 5.41) is 9.30. The Morgan fingerprint density at radius 1 is 1.23 bits per heavy atom. The molecule has 0 N–H and O–H groups in total. The molecule has 3 nitrogen and oxygen atoms in total. The van der Waals surface area contributed by atoms with Crippen LogP contribution in [0.5, 0.6) is 0 Å². The fourth-order valence-corrected chi connectivity index (χ4v) is 1.18. The summed E-state index contributed by atoms with van der Waals surface area (Å²) in [5.41, 5.74) is 1.92. The highest BCUT2D eigenvalue weighted by molar-refractivity contribution is 5.76. The first kappa shape index (κ1) is 8.10. The summed E-state index contributed by atoms with van der Waals surface area (Å²) in [6.07, 6.45) is 3.54. The van der Waals surface area contributed by atoms with E-state index in [9.17, 15) is 0 Å². The van der Waals surface area contributed by atoms with Crippen molar-refractivity contribution in [2.45, 2.75) is 19.8 Å². The van der Waals surface area contributed by atoms with Gasteiger partial charge in [-0.1, -0.05) is 13.8 Å². The van der Waals surface area contributed by atoms with E-state index < -0.39 is 0 Å². The third kappa shape index (κ3) is 1.49. The molecule has 0 aromatic carbocycles. The molecule has 13 heavy (non-hydrogen) atoms. The SMILES string of the molecule is CC(C)c1cc2cnccc2nn1. The van der Waals surface area contributed by atoms with Gasteiger partial charge in [-0.15, -0.1) is 0 Å². The van der Waals surface area contributed by atoms with Crippen LogP contribution in [0, 0.1) is 0 Å². The minimum absolute atomic E-state index is 0.414. The molecule has 0 aliphatic heterocycles. The van der Waals surface area contributed by atoms with Crippen LogP contribution in [0.3, 0.4) is 0 Å². The van der Waals surface area contributed by atoms with Crippen molar-refractivity contribution in [1.29, 1.82) is 0 Å². The van der Waals surface area contributed by atoms with E-state index >= 15 is 0 Å². The van der Waals surface area contributed by atoms with Crippen molar-refractivity contribution in [3.8, 4) is 0 Å². The van der Waals surface area contributed by atoms with Gasteiger partial charge in [0.05, 0.1) is 11.2 Å². The first-order valence-corrected chi connectivity index (χ1v) is 4.35. The van der Waals surface area contributed by atoms with E-state index in [1.807, 2.05) is 18.3 Å². The Balaban J connectivity index is 2.62. The van der Waals surface area contributed by atoms with Gasteiger partial charge in [0.15, 0.2) is 0 Å². The van der Waals surface area contributed by atoms with Gasteiger partial charge in [-0.3, -0.25) is 4.98 Å². The highest BCUT2D eigenvalue weighted by Crippen LogP contribution is 2.15. The molecule has 0 aliphatic carbocycles. The van der Waals surface area contributed by atoms with Gasteiger partial charge < -0.3 is 0 Å². The van der Waals surface area contributed by atoms with Crippen molar-refractivity contribution in [1.82, 2.24) is 15.2 Å². The molecule has 0 aliphatic rings. The van der Waals surface area contributed by atoms with Gasteiger partial charge >= 0.3 is 0 Å². The Hall–Kier alpha value is -1.51. The van der Waals surface area contributed by atoms with Gasteiger partial charge in [-0.2, -0.15) is 10.2 Å². The molecule has 0 atom stereocenters. The third-order valence-electron chi connectivity index (χ3n) is 2.00. The average Bonchev–Trinajstić information content (AvgIpc) is 2.17. The van der Waals surface area contributed by atoms with Gasteiger partial charge in [0.2, 0.25) is 0 Å². The van der Waals surface area contributed by atoms with E-state index in [2.05, 4.69) is 29.0 Å². The lowest BCUT2D eigenvalue weighted by Gasteiger charge is -2.03. The van der Waals surface area contributed by atoms with Crippen LogP contribution in [0.4, 0.5) is 0 Å². The summed E-state index contributed by atoms with van der Waals surface area (Å²) in [5.74, 6) is 0.414. The summed E-state index contributed by atoms with van der Waals surface area (Å²) in [4.78, 5) is 4.05. The van der Waals surface area contributed by atoms with Crippen LogP contribution < -0.4 is 0 Å². The van der Waals surface area contributed by atoms with Crippen molar-refractivity contribution in [3.05, 3.63) is 30.2 Å². The first-order chi connectivity index (χ1) is 6.27. The summed E-state index contributed by atoms with van der Waals surface area (Å²) in [7, 11) is 0. The normalized spacial score (nSPS) is 11.0. The molecular weight excluding hydrogens is 162 g/mol. The summed E-state index contributed by atoms with van der Waals surface area (Å²) < 4.78 is 0. The Bertz CT molecular complexity index is 423. The van der Waals surface area contributed by atoms with Gasteiger partial charge in [-0.25, -0.2) is 0 Å². The van der Waals surface area contributed by atoms with E-state index in [4.69, 9.17) is 0 Å². The van der Waals surface area contributed by atoms with Gasteiger partial charge in [0, 0.05) is 17.8 Å². The number of rotatable bonds is 1. The highest BCUT2D eigenvalue weighted by Gasteiger charge is 2.02. The molecule has 0 radical (unpaired) electrons. The zero-order chi connectivity index (χ0) is 9.26. The third-order valence-corrected chi connectivity index (χ3v) is 2.00. The Morgan fingerprint density at radius 2 is 2.08 bits per heavy atom. The first-order valence-electron chi connectivity index (χ1n) is 4.35. The van der Waals surface area contributed by atoms with Crippen molar-refractivity contribution in [3.63, 3.8) is 0 Å². The standard InChI is InChI=1S/C10H11N3/c1-7(2)10-5-8-6-11-4-3-9(8)12-13-10/h3-7H,1-2H3. The Kier molecular flexibility index (Phi) is 1.93. The van der Waals surface area contributed by atoms with Crippen LogP contribution in [-0.4, -0.2) is 15.2 Å². The minimum atomic E-state index is 0.414. The number of pyridine rings is 1. The Labute approximate surface area is 76.8 Å². The van der Waals surface area contributed by atoms with Crippen LogP contribution in [-0.2, 0) is 0 Å². The van der Waals surface area contributed by atoms with E-state index in [0.29, 0.717) is 5.92 Å². The average molecular weight is 173 g/mol. The van der Waals surface area contributed by atoms with E-state index in [1.165, 1.54) is 0 Å². The quantitative estimate of drug-likeness (QED) is 0.663. The molecule has 0 saturated heterocycles. The van der Waals surface area contributed by atoms with Gasteiger partial charge in [-0.05, 0) is 18.1 Å². The Morgan fingerprint density at radius 3 is 2.85 bits per heavy atom. The molecule has 0 spiro atoms. The molecular formula is C10H11N3. The van der Waals surface area contributed by atoms with Crippen LogP contribution in [0.25, 0.3) is 10.9 Å². The number of hydrogen-bond acceptors (Lipinski definition) is 3. The zero-order valence-electron chi connectivity index (χ0n) is 7.73. The molecule has 66 valence electrons. The predicted octanol–water partition coefficient (Wildman–Crippen LogP) is 2.15. The second kappa shape index (κ2) is 3.09. The van der Waals surface area contributed by atoms with E-state index in [0.717, 1.165) is 16.6 Å². The molecule has 3 heteroatoms. The lowest BCUT2D eigenvalue weighted by atomic mass is 10.1. The molecule has 0 amide bonds. The van der Waals surface area contributed by atoms with Gasteiger partial charge in [0.25, 0.3) is 0 Å². The summed E-state index contributed by atoms with van der Waals surface area (Å²) in [6, 6.07) is 3.91. The van der Waals surface area contributed by atoms with E-state index in [1.54, 1.807) is 6.20 Å². The smallest absolute Gasteiger partial charge is 0.0960 e. The largest absolute Gasteiger partial charge is 0.264 e. The maximum Gasteiger partial charge on any atom is 0.0960 e. The van der Waals surface area contributed by atoms with Gasteiger partial charge in [0.1, 0.15) is 0 Å². The van der Waals surface area contributed by atoms with Crippen molar-refractivity contribution >= 4 is 10.9 Å². The fourth-order valence-electron chi connectivity index (χ4n) is 1.18. The lowest BCUT2D eigenvalue weighted by Crippen LogP contribution is -1.95. The molecule has 0 fully saturated rings. The number of fused-ring (bicyclic) bond motifs is 1. The monoisotopic (exact) mass is 173 g/mol. The van der Waals surface area contributed by atoms with Crippen LogP contribution >= 0.6 is 0 Å². The summed E-state index contributed by atoms with van der Waals surface area (Å²) >= 11 is 0. The van der Waals surface area contributed by atoms with Crippen LogP contribution in [0.1, 0.15) is 25.5 Å². The molecule has 0 unspecified atom stereocenters. The molecule has 2 heterocycles. The van der Waals surface area contributed by atoms with Crippen LogP contribution in [0.2, 0.25) is 0 Å². The number of nitrogens with zero attached hydrogens (tertiary/aromatic N) is 3. The zero-order valence-corrected chi connectivity index (χ0v) is 7.73. The minimum Gasteiger partial charge on any atom is -0.264 e. The maximum atomic E-state index is 4.13. The topological polar surface area (TPSA) is 38.7 Å².